The predicted molar refractivity (Wildman–Crippen MR) is 70.0 cm³/mol. The fourth-order valence-electron chi connectivity index (χ4n) is 2.44. The van der Waals surface area contributed by atoms with Gasteiger partial charge in [0, 0.05) is 0 Å². The molecule has 0 atom stereocenters. The molecule has 1 aromatic carbocycles. The van der Waals surface area contributed by atoms with Crippen molar-refractivity contribution in [3.05, 3.63) is 34.6 Å². The van der Waals surface area contributed by atoms with E-state index < -0.39 is 11.4 Å². The summed E-state index contributed by atoms with van der Waals surface area (Å²) >= 11 is 1.36. The van der Waals surface area contributed by atoms with Crippen LogP contribution in [0.15, 0.2) is 29.1 Å². The molecular formula is C13H13NO3S. The molecule has 0 radical (unpaired) electrons. The minimum Gasteiger partial charge on any atom is -0.481 e. The molecule has 0 amide bonds. The molecule has 0 spiro atoms. The number of carboxylic acid groups (broad SMARTS) is 1. The molecule has 3 rings (SSSR count). The van der Waals surface area contributed by atoms with Crippen molar-refractivity contribution in [3.63, 3.8) is 0 Å². The third kappa shape index (κ3) is 1.58. The van der Waals surface area contributed by atoms with Crippen molar-refractivity contribution < 1.29 is 9.90 Å². The molecule has 4 nitrogen and oxygen atoms in total. The second-order valence-corrected chi connectivity index (χ2v) is 5.93. The Labute approximate surface area is 108 Å². The Kier molecular flexibility index (Phi) is 2.52. The van der Waals surface area contributed by atoms with E-state index in [4.69, 9.17) is 0 Å². The van der Waals surface area contributed by atoms with Crippen LogP contribution in [0.1, 0.15) is 19.3 Å². The van der Waals surface area contributed by atoms with Gasteiger partial charge in [-0.2, -0.15) is 0 Å². The molecule has 0 aliphatic heterocycles. The summed E-state index contributed by atoms with van der Waals surface area (Å²) in [4.78, 5) is 23.5. The molecule has 1 aromatic heterocycles. The second-order valence-electron chi connectivity index (χ2n) is 4.87. The van der Waals surface area contributed by atoms with Crippen molar-refractivity contribution >= 4 is 27.6 Å². The molecule has 0 unspecified atom stereocenters. The standard InChI is InChI=1S/C13H13NO3S/c15-11-9-4-1-2-5-10(9)18-14(11)8-13(12(16)17)6-3-7-13/h1-2,4-5H,3,6-8H2,(H,16,17). The number of carboxylic acids is 1. The van der Waals surface area contributed by atoms with Crippen molar-refractivity contribution in [2.75, 3.05) is 0 Å². The average molecular weight is 263 g/mol. The molecule has 5 heteroatoms. The van der Waals surface area contributed by atoms with Crippen LogP contribution in [0.5, 0.6) is 0 Å². The third-order valence-corrected chi connectivity index (χ3v) is 4.83. The lowest BCUT2D eigenvalue weighted by Crippen LogP contribution is -2.42. The highest BCUT2D eigenvalue weighted by Gasteiger charge is 2.45. The minimum absolute atomic E-state index is 0.0666. The van der Waals surface area contributed by atoms with Gasteiger partial charge in [-0.1, -0.05) is 30.1 Å². The van der Waals surface area contributed by atoms with Crippen molar-refractivity contribution in [2.45, 2.75) is 25.8 Å². The van der Waals surface area contributed by atoms with E-state index in [0.29, 0.717) is 24.8 Å². The highest BCUT2D eigenvalue weighted by Crippen LogP contribution is 2.42. The van der Waals surface area contributed by atoms with Gasteiger partial charge >= 0.3 is 5.97 Å². The molecule has 0 bridgehead atoms. The predicted octanol–water partition coefficient (Wildman–Crippen LogP) is 2.32. The maximum atomic E-state index is 12.1. The maximum Gasteiger partial charge on any atom is 0.311 e. The number of aliphatic carboxylic acids is 1. The van der Waals surface area contributed by atoms with Gasteiger partial charge in [-0.25, -0.2) is 0 Å². The number of nitrogens with zero attached hydrogens (tertiary/aromatic N) is 1. The summed E-state index contributed by atoms with van der Waals surface area (Å²) in [5.41, 5.74) is -0.784. The number of rotatable bonds is 3. The molecule has 1 aliphatic rings. The highest BCUT2D eigenvalue weighted by molar-refractivity contribution is 7.13. The molecule has 1 saturated carbocycles. The Balaban J connectivity index is 2.03. The lowest BCUT2D eigenvalue weighted by Gasteiger charge is -2.37. The molecule has 2 aromatic rings. The number of aromatic nitrogens is 1. The van der Waals surface area contributed by atoms with E-state index in [2.05, 4.69) is 0 Å². The number of carbonyl (C=O) groups is 1. The first-order valence-corrected chi connectivity index (χ1v) is 6.72. The van der Waals surface area contributed by atoms with Gasteiger partial charge in [0.25, 0.3) is 5.56 Å². The molecular weight excluding hydrogens is 250 g/mol. The molecule has 1 fully saturated rings. The van der Waals surface area contributed by atoms with Gasteiger partial charge in [0.1, 0.15) is 0 Å². The van der Waals surface area contributed by atoms with Crippen LogP contribution in [0.3, 0.4) is 0 Å². The van der Waals surface area contributed by atoms with Crippen LogP contribution in [0.25, 0.3) is 10.1 Å². The quantitative estimate of drug-likeness (QED) is 0.924. The van der Waals surface area contributed by atoms with Crippen LogP contribution < -0.4 is 5.56 Å². The lowest BCUT2D eigenvalue weighted by molar-refractivity contribution is -0.155. The topological polar surface area (TPSA) is 59.3 Å². The number of fused-ring (bicyclic) bond motifs is 1. The van der Waals surface area contributed by atoms with Crippen LogP contribution in [0.2, 0.25) is 0 Å². The zero-order valence-corrected chi connectivity index (χ0v) is 10.6. The van der Waals surface area contributed by atoms with Crippen LogP contribution >= 0.6 is 11.5 Å². The van der Waals surface area contributed by atoms with Crippen molar-refractivity contribution in [2.24, 2.45) is 5.41 Å². The first-order chi connectivity index (χ1) is 8.62. The van der Waals surface area contributed by atoms with Crippen molar-refractivity contribution in [1.82, 2.24) is 3.96 Å². The van der Waals surface area contributed by atoms with Crippen LogP contribution in [0, 0.1) is 5.41 Å². The van der Waals surface area contributed by atoms with Gasteiger partial charge in [0.05, 0.1) is 22.0 Å². The summed E-state index contributed by atoms with van der Waals surface area (Å²) in [6.45, 7) is 0.306. The molecule has 0 saturated heterocycles. The van der Waals surface area contributed by atoms with Gasteiger partial charge < -0.3 is 5.11 Å². The van der Waals surface area contributed by atoms with Crippen molar-refractivity contribution in [1.29, 1.82) is 0 Å². The zero-order chi connectivity index (χ0) is 12.8. The average Bonchev–Trinajstić information content (AvgIpc) is 2.61. The summed E-state index contributed by atoms with van der Waals surface area (Å²) in [6, 6.07) is 7.40. The van der Waals surface area contributed by atoms with E-state index in [0.717, 1.165) is 11.1 Å². The molecule has 1 heterocycles. The van der Waals surface area contributed by atoms with Crippen LogP contribution in [-0.4, -0.2) is 15.0 Å². The first kappa shape index (κ1) is 11.5. The first-order valence-electron chi connectivity index (χ1n) is 5.95. The summed E-state index contributed by atoms with van der Waals surface area (Å²) < 4.78 is 2.51. The van der Waals surface area contributed by atoms with E-state index in [1.165, 1.54) is 11.5 Å². The highest BCUT2D eigenvalue weighted by atomic mass is 32.1. The van der Waals surface area contributed by atoms with Crippen LogP contribution in [0.4, 0.5) is 0 Å². The largest absolute Gasteiger partial charge is 0.481 e. The summed E-state index contributed by atoms with van der Waals surface area (Å²) in [5.74, 6) is -0.780. The lowest BCUT2D eigenvalue weighted by atomic mass is 9.69. The Morgan fingerprint density at radius 2 is 2.11 bits per heavy atom. The number of benzene rings is 1. The normalized spacial score (nSPS) is 17.6. The van der Waals surface area contributed by atoms with Gasteiger partial charge in [-0.15, -0.1) is 0 Å². The number of hydrogen-bond donors (Lipinski definition) is 1. The van der Waals surface area contributed by atoms with Gasteiger partial charge in [0.2, 0.25) is 0 Å². The monoisotopic (exact) mass is 263 g/mol. The number of hydrogen-bond acceptors (Lipinski definition) is 3. The van der Waals surface area contributed by atoms with Gasteiger partial charge in [-0.05, 0) is 25.0 Å². The van der Waals surface area contributed by atoms with Crippen molar-refractivity contribution in [3.8, 4) is 0 Å². The minimum atomic E-state index is -0.780. The molecule has 1 aliphatic carbocycles. The van der Waals surface area contributed by atoms with Gasteiger partial charge in [-0.3, -0.25) is 13.5 Å². The third-order valence-electron chi connectivity index (χ3n) is 3.76. The van der Waals surface area contributed by atoms with E-state index in [1.54, 1.807) is 10.0 Å². The fraction of sp³-hybridized carbons (Fsp3) is 0.385. The molecule has 1 N–H and O–H groups in total. The molecule has 94 valence electrons. The Morgan fingerprint density at radius 1 is 1.39 bits per heavy atom. The van der Waals surface area contributed by atoms with E-state index in [9.17, 15) is 14.7 Å². The van der Waals surface area contributed by atoms with Gasteiger partial charge in [0.15, 0.2) is 0 Å². The summed E-state index contributed by atoms with van der Waals surface area (Å²) in [5, 5.41) is 9.98. The fourth-order valence-corrected chi connectivity index (χ4v) is 3.56. The second kappa shape index (κ2) is 3.95. The summed E-state index contributed by atoms with van der Waals surface area (Å²) in [6.07, 6.45) is 2.28. The summed E-state index contributed by atoms with van der Waals surface area (Å²) in [7, 11) is 0. The smallest absolute Gasteiger partial charge is 0.311 e. The Bertz CT molecular complexity index is 666. The Hall–Kier alpha value is -1.62. The zero-order valence-electron chi connectivity index (χ0n) is 9.76. The van der Waals surface area contributed by atoms with E-state index in [-0.39, 0.29) is 5.56 Å². The van der Waals surface area contributed by atoms with Crippen LogP contribution in [-0.2, 0) is 11.3 Å². The van der Waals surface area contributed by atoms with E-state index >= 15 is 0 Å². The SMILES string of the molecule is O=C(O)C1(Cn2sc3ccccc3c2=O)CCC1. The van der Waals surface area contributed by atoms with E-state index in [1.807, 2.05) is 18.2 Å². The maximum absolute atomic E-state index is 12.1. The Morgan fingerprint density at radius 3 is 2.67 bits per heavy atom. The molecule has 18 heavy (non-hydrogen) atoms.